The van der Waals surface area contributed by atoms with E-state index in [0.29, 0.717) is 5.91 Å². The molecule has 1 aliphatic heterocycles. The largest absolute Gasteiger partial charge is 0.342 e. The molecule has 1 amide bonds. The van der Waals surface area contributed by atoms with E-state index in [9.17, 15) is 4.79 Å². The molecule has 0 bridgehead atoms. The van der Waals surface area contributed by atoms with Crippen LogP contribution >= 0.6 is 11.6 Å². The Kier molecular flexibility index (Phi) is 4.23. The van der Waals surface area contributed by atoms with Crippen molar-refractivity contribution < 1.29 is 4.79 Å². The summed E-state index contributed by atoms with van der Waals surface area (Å²) in [6.45, 7) is 1.65. The average molecular weight is 307 g/mol. The number of benzene rings is 1. The fourth-order valence-corrected chi connectivity index (χ4v) is 3.68. The Hall–Kier alpha value is -1.06. The standard InChI is InChI=1S/C17H23ClN2O/c18-14-6-4-13(5-7-14)17(9-2-10-17)16(21)20-11-1-3-15(19)8-12-20/h4-7,15H,1-3,8-12,19H2/t15-/m0/s1. The number of carbonyl (C=O) groups excluding carboxylic acids is 1. The lowest BCUT2D eigenvalue weighted by molar-refractivity contribution is -0.140. The van der Waals surface area contributed by atoms with Crippen molar-refractivity contribution in [3.63, 3.8) is 0 Å². The molecule has 1 atom stereocenters. The fraction of sp³-hybridized carbons (Fsp3) is 0.588. The molecule has 3 nitrogen and oxygen atoms in total. The van der Waals surface area contributed by atoms with Crippen LogP contribution in [0.1, 0.15) is 44.1 Å². The molecule has 1 heterocycles. The SMILES string of the molecule is N[C@H]1CCCN(C(=O)C2(c3ccc(Cl)cc3)CCC2)CC1. The Balaban J connectivity index is 1.81. The summed E-state index contributed by atoms with van der Waals surface area (Å²) in [6.07, 6.45) is 6.00. The normalized spacial score (nSPS) is 25.0. The van der Waals surface area contributed by atoms with Gasteiger partial charge in [0.1, 0.15) is 0 Å². The van der Waals surface area contributed by atoms with E-state index in [1.807, 2.05) is 29.2 Å². The third-order valence-electron chi connectivity index (χ3n) is 5.07. The van der Waals surface area contributed by atoms with Crippen molar-refractivity contribution in [2.24, 2.45) is 5.73 Å². The minimum absolute atomic E-state index is 0.246. The molecule has 2 N–H and O–H groups in total. The van der Waals surface area contributed by atoms with Crippen molar-refractivity contribution in [3.8, 4) is 0 Å². The number of nitrogens with zero attached hydrogens (tertiary/aromatic N) is 1. The van der Waals surface area contributed by atoms with Gasteiger partial charge in [0.15, 0.2) is 0 Å². The number of hydrogen-bond acceptors (Lipinski definition) is 2. The molecule has 0 spiro atoms. The molecule has 1 aromatic rings. The predicted molar refractivity (Wildman–Crippen MR) is 85.4 cm³/mol. The summed E-state index contributed by atoms with van der Waals surface area (Å²) in [6, 6.07) is 8.06. The van der Waals surface area contributed by atoms with Crippen LogP contribution in [0.2, 0.25) is 5.02 Å². The Morgan fingerprint density at radius 2 is 1.86 bits per heavy atom. The Morgan fingerprint density at radius 3 is 2.48 bits per heavy atom. The Labute approximate surface area is 131 Å². The molecule has 1 aliphatic carbocycles. The molecule has 3 rings (SSSR count). The van der Waals surface area contributed by atoms with Gasteiger partial charge in [0, 0.05) is 24.2 Å². The van der Waals surface area contributed by atoms with Gasteiger partial charge in [0.25, 0.3) is 0 Å². The first-order chi connectivity index (χ1) is 10.1. The number of likely N-dealkylation sites (tertiary alicyclic amines) is 1. The van der Waals surface area contributed by atoms with E-state index in [1.165, 1.54) is 0 Å². The van der Waals surface area contributed by atoms with Crippen molar-refractivity contribution in [1.29, 1.82) is 0 Å². The molecule has 0 radical (unpaired) electrons. The first-order valence-electron chi connectivity index (χ1n) is 7.93. The van der Waals surface area contributed by atoms with Gasteiger partial charge < -0.3 is 10.6 Å². The zero-order valence-electron chi connectivity index (χ0n) is 12.4. The maximum atomic E-state index is 13.1. The third kappa shape index (κ3) is 2.82. The van der Waals surface area contributed by atoms with E-state index in [4.69, 9.17) is 17.3 Å². The molecule has 1 aromatic carbocycles. The van der Waals surface area contributed by atoms with Crippen LogP contribution < -0.4 is 5.73 Å². The van der Waals surface area contributed by atoms with Crippen LogP contribution in [0.25, 0.3) is 0 Å². The van der Waals surface area contributed by atoms with Gasteiger partial charge in [-0.15, -0.1) is 0 Å². The highest BCUT2D eigenvalue weighted by molar-refractivity contribution is 6.30. The highest BCUT2D eigenvalue weighted by Crippen LogP contribution is 2.45. The van der Waals surface area contributed by atoms with Gasteiger partial charge >= 0.3 is 0 Å². The van der Waals surface area contributed by atoms with E-state index in [1.54, 1.807) is 0 Å². The first kappa shape index (κ1) is 14.9. The second kappa shape index (κ2) is 5.98. The minimum Gasteiger partial charge on any atom is -0.342 e. The monoisotopic (exact) mass is 306 g/mol. The lowest BCUT2D eigenvalue weighted by Crippen LogP contribution is -2.51. The fourth-order valence-electron chi connectivity index (χ4n) is 3.55. The summed E-state index contributed by atoms with van der Waals surface area (Å²) >= 11 is 5.98. The quantitative estimate of drug-likeness (QED) is 0.912. The lowest BCUT2D eigenvalue weighted by Gasteiger charge is -2.44. The van der Waals surface area contributed by atoms with Crippen LogP contribution in [0.4, 0.5) is 0 Å². The molecule has 21 heavy (non-hydrogen) atoms. The van der Waals surface area contributed by atoms with Crippen LogP contribution in [0, 0.1) is 0 Å². The second-order valence-corrected chi connectivity index (χ2v) is 6.86. The second-order valence-electron chi connectivity index (χ2n) is 6.43. The maximum absolute atomic E-state index is 13.1. The molecule has 4 heteroatoms. The zero-order chi connectivity index (χ0) is 14.9. The summed E-state index contributed by atoms with van der Waals surface area (Å²) in [4.78, 5) is 15.1. The van der Waals surface area contributed by atoms with Crippen molar-refractivity contribution in [3.05, 3.63) is 34.9 Å². The van der Waals surface area contributed by atoms with E-state index >= 15 is 0 Å². The molecule has 2 aliphatic rings. The van der Waals surface area contributed by atoms with Crippen LogP contribution in [0.5, 0.6) is 0 Å². The summed E-state index contributed by atoms with van der Waals surface area (Å²) in [5, 5.41) is 0.724. The Bertz CT molecular complexity index is 510. The molecule has 2 fully saturated rings. The van der Waals surface area contributed by atoms with Crippen LogP contribution in [0.3, 0.4) is 0 Å². The predicted octanol–water partition coefficient (Wildman–Crippen LogP) is 3.10. The van der Waals surface area contributed by atoms with Gasteiger partial charge in [-0.1, -0.05) is 30.2 Å². The number of amides is 1. The minimum atomic E-state index is -0.307. The topological polar surface area (TPSA) is 46.3 Å². The van der Waals surface area contributed by atoms with Gasteiger partial charge in [-0.05, 0) is 49.8 Å². The number of rotatable bonds is 2. The maximum Gasteiger partial charge on any atom is 0.233 e. The van der Waals surface area contributed by atoms with E-state index < -0.39 is 0 Å². The van der Waals surface area contributed by atoms with Crippen LogP contribution in [-0.2, 0) is 10.2 Å². The van der Waals surface area contributed by atoms with Gasteiger partial charge in [-0.3, -0.25) is 4.79 Å². The highest BCUT2D eigenvalue weighted by atomic mass is 35.5. The molecular formula is C17H23ClN2O. The average Bonchev–Trinajstić information content (AvgIpc) is 2.64. The molecule has 114 valence electrons. The summed E-state index contributed by atoms with van der Waals surface area (Å²) in [5.74, 6) is 0.296. The third-order valence-corrected chi connectivity index (χ3v) is 5.33. The number of hydrogen-bond donors (Lipinski definition) is 1. The smallest absolute Gasteiger partial charge is 0.233 e. The van der Waals surface area contributed by atoms with Gasteiger partial charge in [0.2, 0.25) is 5.91 Å². The van der Waals surface area contributed by atoms with Crippen molar-refractivity contribution in [1.82, 2.24) is 4.90 Å². The number of nitrogens with two attached hydrogens (primary N) is 1. The van der Waals surface area contributed by atoms with E-state index in [-0.39, 0.29) is 11.5 Å². The number of halogens is 1. The molecular weight excluding hydrogens is 284 g/mol. The summed E-state index contributed by atoms with van der Waals surface area (Å²) in [7, 11) is 0. The van der Waals surface area contributed by atoms with E-state index in [2.05, 4.69) is 0 Å². The zero-order valence-corrected chi connectivity index (χ0v) is 13.1. The van der Waals surface area contributed by atoms with Crippen molar-refractivity contribution in [2.45, 2.75) is 50.0 Å². The van der Waals surface area contributed by atoms with Gasteiger partial charge in [0.05, 0.1) is 5.41 Å². The first-order valence-corrected chi connectivity index (χ1v) is 8.31. The molecule has 0 unspecified atom stereocenters. The van der Waals surface area contributed by atoms with Crippen molar-refractivity contribution in [2.75, 3.05) is 13.1 Å². The van der Waals surface area contributed by atoms with Gasteiger partial charge in [-0.2, -0.15) is 0 Å². The summed E-state index contributed by atoms with van der Waals surface area (Å²) in [5.41, 5.74) is 6.84. The molecule has 0 aromatic heterocycles. The highest BCUT2D eigenvalue weighted by Gasteiger charge is 2.47. The van der Waals surface area contributed by atoms with Crippen LogP contribution in [-0.4, -0.2) is 29.9 Å². The number of carbonyl (C=O) groups is 1. The van der Waals surface area contributed by atoms with Crippen LogP contribution in [0.15, 0.2) is 24.3 Å². The summed E-state index contributed by atoms with van der Waals surface area (Å²) < 4.78 is 0. The van der Waals surface area contributed by atoms with Gasteiger partial charge in [-0.25, -0.2) is 0 Å². The molecule has 1 saturated carbocycles. The van der Waals surface area contributed by atoms with E-state index in [0.717, 1.165) is 62.2 Å². The lowest BCUT2D eigenvalue weighted by atomic mass is 9.63. The molecule has 1 saturated heterocycles. The Morgan fingerprint density at radius 1 is 1.14 bits per heavy atom. The van der Waals surface area contributed by atoms with Crippen molar-refractivity contribution >= 4 is 17.5 Å².